The molecule has 0 aliphatic carbocycles. The molecule has 1 fully saturated rings. The van der Waals surface area contributed by atoms with Crippen LogP contribution in [0.15, 0.2) is 30.6 Å². The molecule has 0 N–H and O–H groups in total. The van der Waals surface area contributed by atoms with Crippen molar-refractivity contribution < 1.29 is 0 Å². The second-order valence-corrected chi connectivity index (χ2v) is 8.20. The molecule has 0 saturated carbocycles. The monoisotopic (exact) mass is 365 g/mol. The van der Waals surface area contributed by atoms with Gasteiger partial charge in [-0.3, -0.25) is 0 Å². The maximum Gasteiger partial charge on any atom is 0.225 e. The zero-order chi connectivity index (χ0) is 19.0. The van der Waals surface area contributed by atoms with Gasteiger partial charge in [0, 0.05) is 43.5 Å². The molecular weight excluding hydrogens is 338 g/mol. The number of hydrogen-bond acceptors (Lipinski definition) is 6. The molecule has 27 heavy (non-hydrogen) atoms. The van der Waals surface area contributed by atoms with Crippen molar-refractivity contribution >= 4 is 17.4 Å². The average Bonchev–Trinajstić information content (AvgIpc) is 2.91. The Kier molecular flexibility index (Phi) is 4.45. The molecule has 1 saturated heterocycles. The zero-order valence-corrected chi connectivity index (χ0v) is 16.6. The predicted octanol–water partition coefficient (Wildman–Crippen LogP) is 2.84. The second kappa shape index (κ2) is 6.79. The van der Waals surface area contributed by atoms with E-state index in [4.69, 9.17) is 10.1 Å². The van der Waals surface area contributed by atoms with E-state index in [-0.39, 0.29) is 5.41 Å². The van der Waals surface area contributed by atoms with Gasteiger partial charge >= 0.3 is 0 Å². The Morgan fingerprint density at radius 2 is 1.70 bits per heavy atom. The van der Waals surface area contributed by atoms with Gasteiger partial charge in [-0.15, -0.1) is 5.10 Å². The molecule has 0 atom stereocenters. The average molecular weight is 365 g/mol. The molecule has 4 rings (SSSR count). The Morgan fingerprint density at radius 1 is 0.926 bits per heavy atom. The van der Waals surface area contributed by atoms with Crippen LogP contribution in [0.1, 0.15) is 38.6 Å². The predicted molar refractivity (Wildman–Crippen MR) is 107 cm³/mol. The lowest BCUT2D eigenvalue weighted by Crippen LogP contribution is -2.32. The van der Waals surface area contributed by atoms with Crippen LogP contribution in [-0.2, 0) is 5.41 Å². The third-order valence-electron chi connectivity index (χ3n) is 4.96. The summed E-state index contributed by atoms with van der Waals surface area (Å²) < 4.78 is 1.91. The normalized spacial score (nSPS) is 16.0. The number of nitrogens with zero attached hydrogens (tertiary/aromatic N) is 7. The minimum atomic E-state index is 0.0186. The fourth-order valence-corrected chi connectivity index (χ4v) is 3.34. The number of rotatable bonds is 2. The summed E-state index contributed by atoms with van der Waals surface area (Å²) in [5.41, 5.74) is 2.98. The Bertz CT molecular complexity index is 941. The van der Waals surface area contributed by atoms with Gasteiger partial charge in [-0.05, 0) is 31.5 Å². The summed E-state index contributed by atoms with van der Waals surface area (Å²) in [7, 11) is 0. The highest BCUT2D eigenvalue weighted by Gasteiger charge is 2.20. The number of anilines is 2. The molecule has 142 valence electrons. The van der Waals surface area contributed by atoms with Crippen molar-refractivity contribution in [3.8, 4) is 0 Å². The largest absolute Gasteiger partial charge is 0.353 e. The van der Waals surface area contributed by atoms with Crippen LogP contribution in [0.4, 0.5) is 11.8 Å². The molecule has 0 radical (unpaired) electrons. The minimum Gasteiger partial charge on any atom is -0.353 e. The van der Waals surface area contributed by atoms with Crippen molar-refractivity contribution in [3.05, 3.63) is 42.0 Å². The molecule has 1 aliphatic rings. The first kappa shape index (κ1) is 17.7. The molecule has 0 spiro atoms. The highest BCUT2D eigenvalue weighted by atomic mass is 15.3. The molecule has 3 aromatic rings. The van der Waals surface area contributed by atoms with Crippen LogP contribution < -0.4 is 9.80 Å². The summed E-state index contributed by atoms with van der Waals surface area (Å²) in [4.78, 5) is 18.3. The van der Waals surface area contributed by atoms with Gasteiger partial charge in [0.15, 0.2) is 5.65 Å². The van der Waals surface area contributed by atoms with E-state index in [2.05, 4.69) is 52.7 Å². The van der Waals surface area contributed by atoms with E-state index < -0.39 is 0 Å². The maximum absolute atomic E-state index is 4.82. The lowest BCUT2D eigenvalue weighted by molar-refractivity contribution is 0.572. The summed E-state index contributed by atoms with van der Waals surface area (Å²) in [6, 6.07) is 6.07. The molecule has 7 nitrogen and oxygen atoms in total. The van der Waals surface area contributed by atoms with Crippen molar-refractivity contribution in [1.29, 1.82) is 0 Å². The quantitative estimate of drug-likeness (QED) is 0.696. The van der Waals surface area contributed by atoms with Crippen molar-refractivity contribution in [2.45, 2.75) is 39.5 Å². The van der Waals surface area contributed by atoms with Gasteiger partial charge in [0.1, 0.15) is 5.82 Å². The number of fused-ring (bicyclic) bond motifs is 1. The fourth-order valence-electron chi connectivity index (χ4n) is 3.34. The smallest absolute Gasteiger partial charge is 0.225 e. The van der Waals surface area contributed by atoms with Gasteiger partial charge in [0.2, 0.25) is 5.95 Å². The molecule has 4 heterocycles. The van der Waals surface area contributed by atoms with E-state index in [1.165, 1.54) is 0 Å². The van der Waals surface area contributed by atoms with Crippen LogP contribution in [0.5, 0.6) is 0 Å². The van der Waals surface area contributed by atoms with Gasteiger partial charge in [0.25, 0.3) is 0 Å². The number of aromatic nitrogens is 5. The zero-order valence-electron chi connectivity index (χ0n) is 16.6. The van der Waals surface area contributed by atoms with E-state index >= 15 is 0 Å². The van der Waals surface area contributed by atoms with Crippen LogP contribution in [0, 0.1) is 6.92 Å². The van der Waals surface area contributed by atoms with E-state index in [1.54, 1.807) is 0 Å². The molecule has 0 aromatic carbocycles. The van der Waals surface area contributed by atoms with E-state index in [0.717, 1.165) is 61.4 Å². The van der Waals surface area contributed by atoms with Crippen molar-refractivity contribution in [1.82, 2.24) is 24.6 Å². The van der Waals surface area contributed by atoms with Crippen LogP contribution in [0.2, 0.25) is 0 Å². The van der Waals surface area contributed by atoms with Crippen molar-refractivity contribution in [2.24, 2.45) is 0 Å². The third-order valence-corrected chi connectivity index (χ3v) is 4.96. The molecular formula is C20H27N7. The van der Waals surface area contributed by atoms with Crippen LogP contribution in [0.3, 0.4) is 0 Å². The molecule has 3 aromatic heterocycles. The van der Waals surface area contributed by atoms with Crippen molar-refractivity contribution in [3.63, 3.8) is 0 Å². The first-order valence-electron chi connectivity index (χ1n) is 9.57. The van der Waals surface area contributed by atoms with Crippen LogP contribution in [-0.4, -0.2) is 50.7 Å². The minimum absolute atomic E-state index is 0.0186. The molecule has 1 aliphatic heterocycles. The van der Waals surface area contributed by atoms with Crippen LogP contribution >= 0.6 is 0 Å². The molecule has 0 unspecified atom stereocenters. The maximum atomic E-state index is 4.82. The summed E-state index contributed by atoms with van der Waals surface area (Å²) in [5, 5.41) is 4.82. The Hall–Kier alpha value is -2.70. The summed E-state index contributed by atoms with van der Waals surface area (Å²) in [6.45, 7) is 12.2. The highest BCUT2D eigenvalue weighted by Crippen LogP contribution is 2.22. The van der Waals surface area contributed by atoms with E-state index in [1.807, 2.05) is 29.9 Å². The van der Waals surface area contributed by atoms with E-state index in [9.17, 15) is 0 Å². The van der Waals surface area contributed by atoms with Gasteiger partial charge in [0.05, 0.1) is 11.9 Å². The topological polar surface area (TPSA) is 62.5 Å². The van der Waals surface area contributed by atoms with Gasteiger partial charge in [-0.25, -0.2) is 19.5 Å². The van der Waals surface area contributed by atoms with E-state index in [0.29, 0.717) is 0 Å². The lowest BCUT2D eigenvalue weighted by atomic mass is 9.93. The third kappa shape index (κ3) is 3.72. The molecule has 0 bridgehead atoms. The Morgan fingerprint density at radius 3 is 2.48 bits per heavy atom. The number of imidazole rings is 1. The summed E-state index contributed by atoms with van der Waals surface area (Å²) in [5.74, 6) is 1.82. The summed E-state index contributed by atoms with van der Waals surface area (Å²) in [6.07, 6.45) is 4.93. The van der Waals surface area contributed by atoms with Gasteiger partial charge < -0.3 is 9.80 Å². The molecule has 0 amide bonds. The van der Waals surface area contributed by atoms with Gasteiger partial charge in [-0.1, -0.05) is 20.8 Å². The first-order valence-corrected chi connectivity index (χ1v) is 9.57. The second-order valence-electron chi connectivity index (χ2n) is 8.20. The van der Waals surface area contributed by atoms with Crippen molar-refractivity contribution in [2.75, 3.05) is 36.0 Å². The SMILES string of the molecule is Cc1ccnc(N2CCCN(c3ccc4nc(C(C)(C)C)cn4n3)CC2)n1. The summed E-state index contributed by atoms with van der Waals surface area (Å²) >= 11 is 0. The van der Waals surface area contributed by atoms with Gasteiger partial charge in [-0.2, -0.15) is 0 Å². The standard InChI is InChI=1S/C20H27N7/c1-15-8-9-21-19(22-15)26-11-5-10-25(12-13-26)18-7-6-17-23-16(20(2,3)4)14-27(17)24-18/h6-9,14H,5,10-13H2,1-4H3. The first-order chi connectivity index (χ1) is 12.9. The fraction of sp³-hybridized carbons (Fsp3) is 0.500. The highest BCUT2D eigenvalue weighted by molar-refractivity contribution is 5.48. The Labute approximate surface area is 160 Å². The molecule has 7 heteroatoms. The lowest BCUT2D eigenvalue weighted by Gasteiger charge is -2.22. The Balaban J connectivity index is 1.53. The number of hydrogen-bond donors (Lipinski definition) is 0. The van der Waals surface area contributed by atoms with Crippen LogP contribution in [0.25, 0.3) is 5.65 Å². The number of aryl methyl sites for hydroxylation is 1.